The van der Waals surface area contributed by atoms with Crippen LogP contribution < -0.4 is 21.3 Å². The summed E-state index contributed by atoms with van der Waals surface area (Å²) >= 11 is 1.81. The molecule has 1 saturated carbocycles. The van der Waals surface area contributed by atoms with Gasteiger partial charge in [0.1, 0.15) is 11.5 Å². The minimum Gasteiger partial charge on any atom is -0.352 e. The van der Waals surface area contributed by atoms with Gasteiger partial charge in [0.05, 0.1) is 23.0 Å². The summed E-state index contributed by atoms with van der Waals surface area (Å²) in [7, 11) is -3.82. The van der Waals surface area contributed by atoms with Crippen LogP contribution in [-0.2, 0) is 14.8 Å². The fraction of sp³-hybridized carbons (Fsp3) is 0.481. The zero-order valence-electron chi connectivity index (χ0n) is 22.1. The lowest BCUT2D eigenvalue weighted by molar-refractivity contribution is -0.120. The van der Waals surface area contributed by atoms with Crippen LogP contribution in [0, 0.1) is 12.7 Å². The Bertz CT molecular complexity index is 1620. The van der Waals surface area contributed by atoms with Crippen molar-refractivity contribution >= 4 is 38.7 Å². The average Bonchev–Trinajstić information content (AvgIpc) is 2.94. The highest BCUT2D eigenvalue weighted by Gasteiger charge is 2.30. The van der Waals surface area contributed by atoms with Crippen molar-refractivity contribution in [1.82, 2.24) is 24.2 Å². The molecule has 2 aliphatic rings. The van der Waals surface area contributed by atoms with Gasteiger partial charge in [-0.1, -0.05) is 17.7 Å². The Balaban J connectivity index is 1.28. The van der Waals surface area contributed by atoms with E-state index in [1.807, 2.05) is 18.7 Å². The molecule has 2 aromatic heterocycles. The number of pyridine rings is 1. The first-order valence-electron chi connectivity index (χ1n) is 13.4. The maximum Gasteiger partial charge on any atom is 0.333 e. The maximum atomic E-state index is 14.1. The number of nitrogens with zero attached hydrogens (tertiary/aromatic N) is 3. The number of carbonyl (C=O) groups is 1. The summed E-state index contributed by atoms with van der Waals surface area (Å²) in [6.07, 6.45) is 4.51. The number of amides is 1. The van der Waals surface area contributed by atoms with Gasteiger partial charge in [0.25, 0.3) is 5.56 Å². The van der Waals surface area contributed by atoms with Crippen molar-refractivity contribution in [3.63, 3.8) is 0 Å². The van der Waals surface area contributed by atoms with Crippen molar-refractivity contribution < 1.29 is 17.6 Å². The smallest absolute Gasteiger partial charge is 0.333 e. The van der Waals surface area contributed by atoms with Gasteiger partial charge in [-0.15, -0.1) is 0 Å². The van der Waals surface area contributed by atoms with Crippen LogP contribution in [0.3, 0.4) is 0 Å². The monoisotopic (exact) mass is 589 g/mol. The molecule has 5 rings (SSSR count). The highest BCUT2D eigenvalue weighted by atomic mass is 32.2. The van der Waals surface area contributed by atoms with E-state index in [2.05, 4.69) is 15.0 Å². The lowest BCUT2D eigenvalue weighted by Crippen LogP contribution is -2.47. The predicted octanol–water partition coefficient (Wildman–Crippen LogP) is 2.65. The number of aryl methyl sites for hydroxylation is 1. The molecule has 1 aliphatic carbocycles. The van der Waals surface area contributed by atoms with E-state index >= 15 is 0 Å². The van der Waals surface area contributed by atoms with E-state index in [9.17, 15) is 27.2 Å². The van der Waals surface area contributed by atoms with Crippen LogP contribution >= 0.6 is 11.8 Å². The molecule has 0 spiro atoms. The number of carbonyl (C=O) groups excluding carboxylic acids is 1. The Morgan fingerprint density at radius 3 is 2.35 bits per heavy atom. The first-order valence-corrected chi connectivity index (χ1v) is 16.0. The topological polar surface area (TPSA) is 132 Å². The van der Waals surface area contributed by atoms with Crippen molar-refractivity contribution in [3.05, 3.63) is 68.7 Å². The number of benzene rings is 1. The lowest BCUT2D eigenvalue weighted by atomic mass is 9.91. The second-order valence-electron chi connectivity index (χ2n) is 10.4. The van der Waals surface area contributed by atoms with E-state index in [0.29, 0.717) is 25.7 Å². The number of sulfonamides is 1. The van der Waals surface area contributed by atoms with Crippen LogP contribution in [-0.4, -0.2) is 52.5 Å². The third kappa shape index (κ3) is 6.01. The molecule has 2 fully saturated rings. The molecule has 2 N–H and O–H groups in total. The van der Waals surface area contributed by atoms with Gasteiger partial charge < -0.3 is 5.32 Å². The molecule has 3 heterocycles. The molecule has 0 bridgehead atoms. The third-order valence-corrected chi connectivity index (χ3v) is 10.1. The lowest BCUT2D eigenvalue weighted by Gasteiger charge is -2.31. The summed E-state index contributed by atoms with van der Waals surface area (Å²) < 4.78 is 44.2. The molecule has 1 aromatic carbocycles. The van der Waals surface area contributed by atoms with Gasteiger partial charge in [-0.2, -0.15) is 11.8 Å². The van der Waals surface area contributed by atoms with Crippen LogP contribution in [0.1, 0.15) is 56.2 Å². The Hall–Kier alpha value is -3.03. The third-order valence-electron chi connectivity index (χ3n) is 7.66. The van der Waals surface area contributed by atoms with Crippen molar-refractivity contribution in [1.29, 1.82) is 0 Å². The fourth-order valence-corrected chi connectivity index (χ4v) is 7.58. The van der Waals surface area contributed by atoms with E-state index in [-0.39, 0.29) is 28.0 Å². The summed E-state index contributed by atoms with van der Waals surface area (Å²) in [6.45, 7) is 1.45. The van der Waals surface area contributed by atoms with Crippen LogP contribution in [0.4, 0.5) is 4.39 Å². The SMILES string of the molecule is Cc1ccc(S(=O)(=O)NCC(=O)NC2CCC(n3c(=O)c4cc(F)cnc4n(C4CCSCC4)c3=O)CC2)cc1. The zero-order valence-corrected chi connectivity index (χ0v) is 23.8. The minimum absolute atomic E-state index is 0.0833. The number of thioether (sulfide) groups is 1. The van der Waals surface area contributed by atoms with Gasteiger partial charge in [-0.25, -0.2) is 27.3 Å². The van der Waals surface area contributed by atoms with Gasteiger partial charge in [0.2, 0.25) is 15.9 Å². The normalized spacial score (nSPS) is 20.4. The van der Waals surface area contributed by atoms with Gasteiger partial charge in [-0.05, 0) is 75.2 Å². The average molecular weight is 590 g/mol. The molecule has 0 radical (unpaired) electrons. The number of halogens is 1. The van der Waals surface area contributed by atoms with Crippen LogP contribution in [0.2, 0.25) is 0 Å². The largest absolute Gasteiger partial charge is 0.352 e. The summed E-state index contributed by atoms with van der Waals surface area (Å²) in [5, 5.41) is 2.95. The van der Waals surface area contributed by atoms with Gasteiger partial charge in [0.15, 0.2) is 0 Å². The zero-order chi connectivity index (χ0) is 28.4. The van der Waals surface area contributed by atoms with Gasteiger partial charge in [0, 0.05) is 18.1 Å². The Labute approximate surface area is 235 Å². The number of aromatic nitrogens is 3. The quantitative estimate of drug-likeness (QED) is 0.433. The van der Waals surface area contributed by atoms with E-state index in [4.69, 9.17) is 0 Å². The van der Waals surface area contributed by atoms with E-state index in [1.54, 1.807) is 16.7 Å². The second-order valence-corrected chi connectivity index (χ2v) is 13.4. The molecule has 214 valence electrons. The highest BCUT2D eigenvalue weighted by Crippen LogP contribution is 2.30. The molecule has 13 heteroatoms. The first kappa shape index (κ1) is 28.5. The van der Waals surface area contributed by atoms with E-state index in [1.165, 1.54) is 16.7 Å². The van der Waals surface area contributed by atoms with Crippen molar-refractivity contribution in [2.75, 3.05) is 18.1 Å². The molecular formula is C27H32FN5O5S2. The van der Waals surface area contributed by atoms with Crippen molar-refractivity contribution in [2.45, 2.75) is 68.5 Å². The Morgan fingerprint density at radius 1 is 1.02 bits per heavy atom. The summed E-state index contributed by atoms with van der Waals surface area (Å²) in [6, 6.07) is 6.76. The second kappa shape index (κ2) is 11.8. The standard InChI is InChI=1S/C27H32FN5O5S2/c1-17-2-8-22(9-3-17)40(37,38)30-16-24(34)31-19-4-6-20(7-5-19)33-26(35)23-14-18(28)15-29-25(23)32(27(33)36)21-10-12-39-13-11-21/h2-3,8-9,14-15,19-21,30H,4-7,10-13,16H2,1H3,(H,31,34). The molecule has 0 unspecified atom stereocenters. The molecule has 1 saturated heterocycles. The van der Waals surface area contributed by atoms with Crippen molar-refractivity contribution in [3.8, 4) is 0 Å². The van der Waals surface area contributed by atoms with Crippen LogP contribution in [0.5, 0.6) is 0 Å². The molecule has 0 atom stereocenters. The van der Waals surface area contributed by atoms with Crippen LogP contribution in [0.15, 0.2) is 51.0 Å². The van der Waals surface area contributed by atoms with E-state index < -0.39 is 45.6 Å². The molecule has 1 amide bonds. The number of rotatable bonds is 7. The summed E-state index contributed by atoms with van der Waals surface area (Å²) in [4.78, 5) is 43.9. The van der Waals surface area contributed by atoms with Crippen LogP contribution in [0.25, 0.3) is 11.0 Å². The summed E-state index contributed by atoms with van der Waals surface area (Å²) in [5.41, 5.74) is 0.172. The molecular weight excluding hydrogens is 557 g/mol. The van der Waals surface area contributed by atoms with Gasteiger partial charge >= 0.3 is 5.69 Å². The predicted molar refractivity (Wildman–Crippen MR) is 152 cm³/mol. The molecule has 1 aliphatic heterocycles. The minimum atomic E-state index is -3.82. The number of fused-ring (bicyclic) bond motifs is 1. The van der Waals surface area contributed by atoms with Gasteiger partial charge in [-0.3, -0.25) is 18.7 Å². The number of hydrogen-bond acceptors (Lipinski definition) is 7. The highest BCUT2D eigenvalue weighted by molar-refractivity contribution is 7.99. The summed E-state index contributed by atoms with van der Waals surface area (Å²) in [5.74, 6) is 0.696. The Kier molecular flexibility index (Phi) is 8.43. The first-order chi connectivity index (χ1) is 19.1. The van der Waals surface area contributed by atoms with Crippen molar-refractivity contribution in [2.24, 2.45) is 0 Å². The Morgan fingerprint density at radius 2 is 1.68 bits per heavy atom. The van der Waals surface area contributed by atoms with E-state index in [0.717, 1.165) is 42.2 Å². The molecule has 10 nitrogen and oxygen atoms in total. The fourth-order valence-electron chi connectivity index (χ4n) is 5.52. The molecule has 40 heavy (non-hydrogen) atoms. The number of hydrogen-bond donors (Lipinski definition) is 2. The number of nitrogens with one attached hydrogen (secondary N) is 2. The molecule has 3 aromatic rings. The maximum absolute atomic E-state index is 14.1.